The smallest absolute Gasteiger partial charge is 0.306 e. The van der Waals surface area contributed by atoms with Crippen LogP contribution in [0.3, 0.4) is 0 Å². The molecule has 12 heavy (non-hydrogen) atoms. The van der Waals surface area contributed by atoms with E-state index in [0.29, 0.717) is 5.92 Å². The van der Waals surface area contributed by atoms with Crippen LogP contribution in [0.2, 0.25) is 0 Å². The van der Waals surface area contributed by atoms with E-state index in [4.69, 9.17) is 10.4 Å². The van der Waals surface area contributed by atoms with Gasteiger partial charge >= 0.3 is 5.97 Å². The Morgan fingerprint density at radius 3 is 2.67 bits per heavy atom. The Hall–Kier alpha value is -1.04. The molecule has 0 aliphatic heterocycles. The van der Waals surface area contributed by atoms with Crippen LogP contribution in [0.5, 0.6) is 0 Å². The Morgan fingerprint density at radius 1 is 1.50 bits per heavy atom. The number of carbonyl (C=O) groups is 1. The Morgan fingerprint density at radius 2 is 2.25 bits per heavy atom. The first-order valence-corrected chi connectivity index (χ1v) is 4.36. The van der Waals surface area contributed by atoms with Gasteiger partial charge in [-0.15, -0.1) is 0 Å². The third kappa shape index (κ3) is 0.842. The topological polar surface area (TPSA) is 61.1 Å². The lowest BCUT2D eigenvalue weighted by Crippen LogP contribution is -2.21. The number of fused-ring (bicyclic) bond motifs is 2. The Bertz CT molecular complexity index is 256. The van der Waals surface area contributed by atoms with Gasteiger partial charge in [0.2, 0.25) is 0 Å². The first-order chi connectivity index (χ1) is 5.74. The van der Waals surface area contributed by atoms with Crippen molar-refractivity contribution >= 4 is 5.97 Å². The van der Waals surface area contributed by atoms with Gasteiger partial charge in [0.05, 0.1) is 17.9 Å². The molecule has 0 saturated heterocycles. The van der Waals surface area contributed by atoms with E-state index in [9.17, 15) is 4.79 Å². The van der Waals surface area contributed by atoms with Gasteiger partial charge in [0.25, 0.3) is 0 Å². The minimum Gasteiger partial charge on any atom is -0.481 e. The van der Waals surface area contributed by atoms with Crippen LogP contribution in [0.4, 0.5) is 0 Å². The van der Waals surface area contributed by atoms with Gasteiger partial charge in [-0.3, -0.25) is 4.79 Å². The zero-order valence-corrected chi connectivity index (χ0v) is 6.73. The Kier molecular flexibility index (Phi) is 1.57. The highest BCUT2D eigenvalue weighted by molar-refractivity contribution is 5.71. The zero-order chi connectivity index (χ0) is 8.72. The highest BCUT2D eigenvalue weighted by Gasteiger charge is 2.50. The minimum atomic E-state index is -0.706. The number of hydrogen-bond donors (Lipinski definition) is 1. The van der Waals surface area contributed by atoms with E-state index in [1.165, 1.54) is 0 Å². The fraction of sp³-hybridized carbons (Fsp3) is 0.778. The predicted octanol–water partition coefficient (Wildman–Crippen LogP) is 1.26. The van der Waals surface area contributed by atoms with Crippen molar-refractivity contribution in [3.63, 3.8) is 0 Å². The highest BCUT2D eigenvalue weighted by atomic mass is 16.4. The van der Waals surface area contributed by atoms with Crippen molar-refractivity contribution in [1.29, 1.82) is 5.26 Å². The summed E-state index contributed by atoms with van der Waals surface area (Å²) in [6, 6.07) is 2.25. The summed E-state index contributed by atoms with van der Waals surface area (Å²) < 4.78 is 0. The molecule has 64 valence electrons. The van der Waals surface area contributed by atoms with Gasteiger partial charge in [-0.2, -0.15) is 5.26 Å². The molecule has 0 aromatic heterocycles. The molecule has 2 bridgehead atoms. The molecule has 2 fully saturated rings. The number of rotatable bonds is 1. The third-order valence-corrected chi connectivity index (χ3v) is 3.38. The van der Waals surface area contributed by atoms with E-state index < -0.39 is 5.97 Å². The summed E-state index contributed by atoms with van der Waals surface area (Å²) in [6.07, 6.45) is 2.74. The predicted molar refractivity (Wildman–Crippen MR) is 41.1 cm³/mol. The van der Waals surface area contributed by atoms with E-state index in [2.05, 4.69) is 6.07 Å². The lowest BCUT2D eigenvalue weighted by atomic mass is 9.88. The van der Waals surface area contributed by atoms with Crippen molar-refractivity contribution in [2.45, 2.75) is 19.3 Å². The van der Waals surface area contributed by atoms with Crippen molar-refractivity contribution < 1.29 is 9.90 Å². The van der Waals surface area contributed by atoms with Crippen LogP contribution in [0.25, 0.3) is 0 Å². The molecule has 0 aromatic rings. The number of carboxylic acids is 1. The first kappa shape index (κ1) is 7.60. The normalized spacial score (nSPS) is 44.2. The van der Waals surface area contributed by atoms with Gasteiger partial charge in [0, 0.05) is 0 Å². The van der Waals surface area contributed by atoms with Gasteiger partial charge in [-0.1, -0.05) is 0 Å². The van der Waals surface area contributed by atoms with Crippen LogP contribution < -0.4 is 0 Å². The third-order valence-electron chi connectivity index (χ3n) is 3.38. The molecule has 2 rings (SSSR count). The van der Waals surface area contributed by atoms with E-state index in [-0.39, 0.29) is 17.8 Å². The van der Waals surface area contributed by atoms with Crippen molar-refractivity contribution in [2.24, 2.45) is 23.7 Å². The maximum atomic E-state index is 10.7. The second-order valence-electron chi connectivity index (χ2n) is 3.84. The van der Waals surface area contributed by atoms with Gasteiger partial charge < -0.3 is 5.11 Å². The summed E-state index contributed by atoms with van der Waals surface area (Å²) in [6.45, 7) is 0. The Labute approximate surface area is 71.0 Å². The summed E-state index contributed by atoms with van der Waals surface area (Å²) >= 11 is 0. The standard InChI is InChI=1S/C9H11NO2/c10-4-8-5-1-2-6(8)7(3-5)9(11)12/h5-8H,1-3H2,(H,11,12)/t5-,6-,7+,8+/m1/s1. The molecule has 0 radical (unpaired) electrons. The number of hydrogen-bond acceptors (Lipinski definition) is 2. The Balaban J connectivity index is 2.19. The van der Waals surface area contributed by atoms with E-state index in [1.54, 1.807) is 0 Å². The number of carboxylic acid groups (broad SMARTS) is 1. The summed E-state index contributed by atoms with van der Waals surface area (Å²) in [4.78, 5) is 10.7. The van der Waals surface area contributed by atoms with E-state index in [0.717, 1.165) is 19.3 Å². The van der Waals surface area contributed by atoms with Crippen LogP contribution >= 0.6 is 0 Å². The van der Waals surface area contributed by atoms with Gasteiger partial charge in [-0.05, 0) is 31.1 Å². The molecular formula is C9H11NO2. The van der Waals surface area contributed by atoms with Crippen LogP contribution in [0, 0.1) is 35.0 Å². The largest absolute Gasteiger partial charge is 0.481 e. The lowest BCUT2D eigenvalue weighted by molar-refractivity contribution is -0.143. The maximum absolute atomic E-state index is 10.7. The SMILES string of the molecule is N#C[C@H]1[C@@H]2CC[C@@H]1[C@@H](C(=O)O)C2. The molecule has 2 aliphatic carbocycles. The second kappa shape index (κ2) is 2.48. The quantitative estimate of drug-likeness (QED) is 0.636. The molecule has 0 heterocycles. The van der Waals surface area contributed by atoms with Gasteiger partial charge in [0.1, 0.15) is 0 Å². The molecule has 4 atom stereocenters. The highest BCUT2D eigenvalue weighted by Crippen LogP contribution is 2.52. The lowest BCUT2D eigenvalue weighted by Gasteiger charge is -2.16. The fourth-order valence-corrected chi connectivity index (χ4v) is 2.82. The summed E-state index contributed by atoms with van der Waals surface area (Å²) in [7, 11) is 0. The molecule has 0 unspecified atom stereocenters. The average Bonchev–Trinajstić information content (AvgIpc) is 2.59. The molecule has 0 spiro atoms. The van der Waals surface area contributed by atoms with E-state index >= 15 is 0 Å². The first-order valence-electron chi connectivity index (χ1n) is 4.36. The number of nitrogens with zero attached hydrogens (tertiary/aromatic N) is 1. The zero-order valence-electron chi connectivity index (χ0n) is 6.73. The van der Waals surface area contributed by atoms with Crippen LogP contribution in [-0.2, 0) is 4.79 Å². The number of nitriles is 1. The molecular weight excluding hydrogens is 154 g/mol. The van der Waals surface area contributed by atoms with Crippen molar-refractivity contribution in [3.05, 3.63) is 0 Å². The summed E-state index contributed by atoms with van der Waals surface area (Å²) in [5.41, 5.74) is 0. The van der Waals surface area contributed by atoms with Gasteiger partial charge in [-0.25, -0.2) is 0 Å². The van der Waals surface area contributed by atoms with Crippen LogP contribution in [0.1, 0.15) is 19.3 Å². The summed E-state index contributed by atoms with van der Waals surface area (Å²) in [5.74, 6) is -0.374. The number of aliphatic carboxylic acids is 1. The van der Waals surface area contributed by atoms with Crippen molar-refractivity contribution in [2.75, 3.05) is 0 Å². The monoisotopic (exact) mass is 165 g/mol. The molecule has 3 heteroatoms. The van der Waals surface area contributed by atoms with E-state index in [1.807, 2.05) is 0 Å². The molecule has 0 amide bonds. The fourth-order valence-electron chi connectivity index (χ4n) is 2.82. The molecule has 0 aromatic carbocycles. The average molecular weight is 165 g/mol. The molecule has 2 saturated carbocycles. The molecule has 3 nitrogen and oxygen atoms in total. The molecule has 2 aliphatic rings. The minimum absolute atomic E-state index is 0.0334. The van der Waals surface area contributed by atoms with Gasteiger partial charge in [0.15, 0.2) is 0 Å². The summed E-state index contributed by atoms with van der Waals surface area (Å²) in [5, 5.41) is 17.6. The van der Waals surface area contributed by atoms with Crippen molar-refractivity contribution in [3.8, 4) is 6.07 Å². The van der Waals surface area contributed by atoms with Crippen molar-refractivity contribution in [1.82, 2.24) is 0 Å². The second-order valence-corrected chi connectivity index (χ2v) is 3.84. The molecule has 1 N–H and O–H groups in total. The maximum Gasteiger partial charge on any atom is 0.306 e. The van der Waals surface area contributed by atoms with Crippen LogP contribution in [-0.4, -0.2) is 11.1 Å². The van der Waals surface area contributed by atoms with Crippen LogP contribution in [0.15, 0.2) is 0 Å².